The van der Waals surface area contributed by atoms with Gasteiger partial charge in [-0.05, 0) is 77.8 Å². The van der Waals surface area contributed by atoms with E-state index in [2.05, 4.69) is 22.3 Å². The first-order chi connectivity index (χ1) is 17.1. The molecule has 176 valence electrons. The van der Waals surface area contributed by atoms with Crippen molar-refractivity contribution < 1.29 is 14.8 Å². The molecule has 0 unspecified atom stereocenters. The molecule has 35 heavy (non-hydrogen) atoms. The monoisotopic (exact) mass is 465 g/mol. The van der Waals surface area contributed by atoms with Gasteiger partial charge < -0.3 is 14.8 Å². The highest BCUT2D eigenvalue weighted by Gasteiger charge is 2.04. The minimum Gasteiger partial charge on any atom is -0.508 e. The Balaban J connectivity index is 1.22. The van der Waals surface area contributed by atoms with Gasteiger partial charge in [-0.3, -0.25) is 4.90 Å². The lowest BCUT2D eigenvalue weighted by atomic mass is 10.1. The smallest absolute Gasteiger partial charge is 0.157 e. The number of rotatable bonds is 10. The largest absolute Gasteiger partial charge is 0.508 e. The van der Waals surface area contributed by atoms with Gasteiger partial charge in [0.15, 0.2) is 11.5 Å². The number of hydrogen-bond acceptors (Lipinski definition) is 6. The molecule has 0 atom stereocenters. The Kier molecular flexibility index (Phi) is 8.24. The number of phenols is 1. The van der Waals surface area contributed by atoms with Crippen LogP contribution in [0, 0.1) is 0 Å². The summed E-state index contributed by atoms with van der Waals surface area (Å²) in [7, 11) is 2.08. The van der Waals surface area contributed by atoms with Crippen molar-refractivity contribution in [3.63, 3.8) is 0 Å². The Morgan fingerprint density at radius 2 is 1.09 bits per heavy atom. The molecule has 6 heteroatoms. The molecule has 0 saturated heterocycles. The van der Waals surface area contributed by atoms with Gasteiger partial charge >= 0.3 is 0 Å². The molecule has 0 aliphatic heterocycles. The average Bonchev–Trinajstić information content (AvgIpc) is 2.88. The van der Waals surface area contributed by atoms with Crippen molar-refractivity contribution in [2.75, 3.05) is 7.05 Å². The zero-order valence-corrected chi connectivity index (χ0v) is 19.5. The van der Waals surface area contributed by atoms with Crippen molar-refractivity contribution in [2.45, 2.75) is 13.1 Å². The maximum atomic E-state index is 9.31. The molecule has 0 spiro atoms. The summed E-state index contributed by atoms with van der Waals surface area (Å²) in [5.74, 6) is 1.59. The van der Waals surface area contributed by atoms with Crippen molar-refractivity contribution >= 4 is 12.4 Å². The van der Waals surface area contributed by atoms with Gasteiger partial charge in [0.1, 0.15) is 5.75 Å². The van der Waals surface area contributed by atoms with Crippen LogP contribution in [0.1, 0.15) is 22.3 Å². The molecule has 1 N–H and O–H groups in total. The van der Waals surface area contributed by atoms with E-state index in [0.29, 0.717) is 11.5 Å². The Morgan fingerprint density at radius 3 is 1.57 bits per heavy atom. The Labute approximate surface area is 205 Å². The number of nitrogens with zero attached hydrogens (tertiary/aromatic N) is 3. The summed E-state index contributed by atoms with van der Waals surface area (Å²) in [5, 5.41) is 17.3. The molecule has 0 saturated carbocycles. The topological polar surface area (TPSA) is 66.7 Å². The lowest BCUT2D eigenvalue weighted by Gasteiger charge is -2.17. The Hall–Kier alpha value is -4.42. The third-order valence-electron chi connectivity index (χ3n) is 5.16. The van der Waals surface area contributed by atoms with Gasteiger partial charge in [0.2, 0.25) is 0 Å². The number of phenolic OH excluding ortho intramolecular Hbond substituents is 1. The van der Waals surface area contributed by atoms with Crippen LogP contribution in [-0.4, -0.2) is 29.5 Å². The summed E-state index contributed by atoms with van der Waals surface area (Å²) in [4.78, 5) is 13.1. The minimum atomic E-state index is 0.221. The highest BCUT2D eigenvalue weighted by molar-refractivity contribution is 5.79. The maximum absolute atomic E-state index is 9.31. The van der Waals surface area contributed by atoms with Crippen molar-refractivity contribution in [3.05, 3.63) is 125 Å². The van der Waals surface area contributed by atoms with Gasteiger partial charge in [0.05, 0.1) is 12.4 Å². The lowest BCUT2D eigenvalue weighted by molar-refractivity contribution is 0.317. The van der Waals surface area contributed by atoms with Crippen molar-refractivity contribution in [1.29, 1.82) is 0 Å². The van der Waals surface area contributed by atoms with Gasteiger partial charge in [-0.1, -0.05) is 64.9 Å². The van der Waals surface area contributed by atoms with Gasteiger partial charge in [0, 0.05) is 13.1 Å². The van der Waals surface area contributed by atoms with Crippen LogP contribution in [0.5, 0.6) is 17.2 Å². The van der Waals surface area contributed by atoms with E-state index in [4.69, 9.17) is 9.68 Å². The van der Waals surface area contributed by atoms with E-state index < -0.39 is 0 Å². The van der Waals surface area contributed by atoms with Gasteiger partial charge in [-0.2, -0.15) is 0 Å². The van der Waals surface area contributed by atoms with Crippen LogP contribution in [0.4, 0.5) is 0 Å². The van der Waals surface area contributed by atoms with Gasteiger partial charge in [-0.25, -0.2) is 0 Å². The van der Waals surface area contributed by atoms with Crippen molar-refractivity contribution in [1.82, 2.24) is 4.90 Å². The molecule has 4 aromatic rings. The summed E-state index contributed by atoms with van der Waals surface area (Å²) in [5.41, 5.74) is 4.21. The SMILES string of the molecule is CN(Cc1ccc(O/N=C/c2ccccc2)cc1)Cc1ccc(O/N=C/c2ccc(O)cc2)cc1. The molecule has 4 rings (SSSR count). The number of oxime groups is 2. The molecule has 0 fully saturated rings. The lowest BCUT2D eigenvalue weighted by Crippen LogP contribution is -2.17. The Morgan fingerprint density at radius 1 is 0.629 bits per heavy atom. The van der Waals surface area contributed by atoms with E-state index in [1.807, 2.05) is 78.9 Å². The van der Waals surface area contributed by atoms with Crippen LogP contribution in [-0.2, 0) is 13.1 Å². The Bertz CT molecular complexity index is 1240. The highest BCUT2D eigenvalue weighted by Crippen LogP contribution is 2.17. The molecule has 0 aliphatic rings. The van der Waals surface area contributed by atoms with Crippen LogP contribution in [0.25, 0.3) is 0 Å². The third kappa shape index (κ3) is 7.84. The van der Waals surface area contributed by atoms with Crippen LogP contribution < -0.4 is 9.68 Å². The first kappa shape index (κ1) is 23.7. The fraction of sp³-hybridized carbons (Fsp3) is 0.103. The van der Waals surface area contributed by atoms with E-state index in [-0.39, 0.29) is 5.75 Å². The van der Waals surface area contributed by atoms with E-state index in [1.54, 1.807) is 36.7 Å². The normalized spacial score (nSPS) is 11.4. The predicted octanol–water partition coefficient (Wildman–Crippen LogP) is 5.85. The van der Waals surface area contributed by atoms with Crippen molar-refractivity contribution in [2.24, 2.45) is 10.3 Å². The average molecular weight is 466 g/mol. The first-order valence-electron chi connectivity index (χ1n) is 11.3. The number of hydrogen-bond donors (Lipinski definition) is 1. The van der Waals surface area contributed by atoms with Crippen LogP contribution in [0.3, 0.4) is 0 Å². The van der Waals surface area contributed by atoms with Crippen LogP contribution >= 0.6 is 0 Å². The second kappa shape index (κ2) is 12.2. The molecular formula is C29H27N3O3. The number of benzene rings is 4. The minimum absolute atomic E-state index is 0.221. The molecule has 4 aromatic carbocycles. The number of aromatic hydroxyl groups is 1. The molecule has 0 aromatic heterocycles. The summed E-state index contributed by atoms with van der Waals surface area (Å²) < 4.78 is 0. The third-order valence-corrected chi connectivity index (χ3v) is 5.16. The fourth-order valence-corrected chi connectivity index (χ4v) is 3.39. The molecule has 0 heterocycles. The van der Waals surface area contributed by atoms with Crippen LogP contribution in [0.2, 0.25) is 0 Å². The molecular weight excluding hydrogens is 438 g/mol. The van der Waals surface area contributed by atoms with E-state index in [0.717, 1.165) is 24.2 Å². The summed E-state index contributed by atoms with van der Waals surface area (Å²) >= 11 is 0. The quantitative estimate of drug-likeness (QED) is 0.236. The fourth-order valence-electron chi connectivity index (χ4n) is 3.39. The van der Waals surface area contributed by atoms with Gasteiger partial charge in [-0.15, -0.1) is 0 Å². The summed E-state index contributed by atoms with van der Waals surface area (Å²) in [6.45, 7) is 1.61. The second-order valence-corrected chi connectivity index (χ2v) is 8.11. The van der Waals surface area contributed by atoms with E-state index in [9.17, 15) is 5.11 Å². The molecule has 0 radical (unpaired) electrons. The van der Waals surface area contributed by atoms with E-state index >= 15 is 0 Å². The van der Waals surface area contributed by atoms with Crippen molar-refractivity contribution in [3.8, 4) is 17.2 Å². The zero-order chi connectivity index (χ0) is 24.3. The van der Waals surface area contributed by atoms with Gasteiger partial charge in [0.25, 0.3) is 0 Å². The molecule has 0 bridgehead atoms. The predicted molar refractivity (Wildman–Crippen MR) is 139 cm³/mol. The zero-order valence-electron chi connectivity index (χ0n) is 19.5. The maximum Gasteiger partial charge on any atom is 0.157 e. The highest BCUT2D eigenvalue weighted by atomic mass is 16.6. The summed E-state index contributed by atoms with van der Waals surface area (Å²) in [6, 6.07) is 32.4. The van der Waals surface area contributed by atoms with Crippen LogP contribution in [0.15, 0.2) is 113 Å². The van der Waals surface area contributed by atoms with E-state index in [1.165, 1.54) is 11.1 Å². The molecule has 0 aliphatic carbocycles. The molecule has 6 nitrogen and oxygen atoms in total. The molecule has 0 amide bonds. The first-order valence-corrected chi connectivity index (χ1v) is 11.3. The second-order valence-electron chi connectivity index (χ2n) is 8.11. The summed E-state index contributed by atoms with van der Waals surface area (Å²) in [6.07, 6.45) is 3.30. The standard InChI is InChI=1S/C29H27N3O3/c1-32(21-25-9-15-28(16-10-25)34-30-19-23-5-3-2-4-6-23)22-26-11-17-29(18-12-26)35-31-20-24-7-13-27(33)14-8-24/h2-20,33H,21-22H2,1H3/b30-19+,31-20+.